The summed E-state index contributed by atoms with van der Waals surface area (Å²) >= 11 is 3.47. The summed E-state index contributed by atoms with van der Waals surface area (Å²) in [6.07, 6.45) is 12.1. The zero-order chi connectivity index (χ0) is 27.2. The molecule has 5 heteroatoms. The Bertz CT molecular complexity index is 1510. The zero-order valence-electron chi connectivity index (χ0n) is 22.7. The van der Waals surface area contributed by atoms with Gasteiger partial charge in [0.25, 0.3) is 5.69 Å². The van der Waals surface area contributed by atoms with Gasteiger partial charge in [-0.05, 0) is 80.9 Å². The van der Waals surface area contributed by atoms with Crippen LogP contribution in [-0.4, -0.2) is 12.0 Å². The molecule has 0 amide bonds. The first-order chi connectivity index (χ1) is 18.1. The van der Waals surface area contributed by atoms with Crippen LogP contribution in [0, 0.1) is 17.0 Å². The molecule has 3 aromatic rings. The molecule has 3 aromatic carbocycles. The number of hydrogen-bond acceptors (Lipinski definition) is 3. The minimum atomic E-state index is -0.311. The molecule has 0 radical (unpaired) electrons. The molecule has 1 saturated carbocycles. The van der Waals surface area contributed by atoms with E-state index in [2.05, 4.69) is 103 Å². The molecule has 1 heterocycles. The second kappa shape index (κ2) is 9.85. The van der Waals surface area contributed by atoms with Crippen molar-refractivity contribution in [2.45, 2.75) is 63.7 Å². The van der Waals surface area contributed by atoms with Crippen LogP contribution in [0.15, 0.2) is 89.1 Å². The highest BCUT2D eigenvalue weighted by molar-refractivity contribution is 9.10. The molecule has 1 aliphatic heterocycles. The lowest BCUT2D eigenvalue weighted by Crippen LogP contribution is -2.31. The topological polar surface area (TPSA) is 46.4 Å². The lowest BCUT2D eigenvalue weighted by atomic mass is 9.68. The predicted octanol–water partition coefficient (Wildman–Crippen LogP) is 9.44. The van der Waals surface area contributed by atoms with Crippen molar-refractivity contribution >= 4 is 38.1 Å². The first-order valence-electron chi connectivity index (χ1n) is 13.4. The molecule has 5 rings (SSSR count). The summed E-state index contributed by atoms with van der Waals surface area (Å²) in [6, 6.07) is 16.7. The first-order valence-corrected chi connectivity index (χ1v) is 14.2. The Kier molecular flexibility index (Phi) is 6.85. The zero-order valence-corrected chi connectivity index (χ0v) is 24.3. The van der Waals surface area contributed by atoms with Crippen LogP contribution >= 0.6 is 15.9 Å². The molecule has 1 fully saturated rings. The van der Waals surface area contributed by atoms with E-state index in [4.69, 9.17) is 0 Å². The van der Waals surface area contributed by atoms with Gasteiger partial charge in [0, 0.05) is 29.6 Å². The summed E-state index contributed by atoms with van der Waals surface area (Å²) < 4.78 is 0.553. The molecular weight excluding hydrogens is 536 g/mol. The molecular formula is C33H35BrN2O2. The number of likely N-dealkylation sites (N-methyl/N-ethyl adjacent to an activating group) is 1. The third kappa shape index (κ3) is 4.21. The maximum Gasteiger partial charge on any atom is 0.285 e. The average Bonchev–Trinajstić information content (AvgIpc) is 3.09. The van der Waals surface area contributed by atoms with Gasteiger partial charge in [-0.2, -0.15) is 0 Å². The lowest BCUT2D eigenvalue weighted by Gasteiger charge is -2.36. The highest BCUT2D eigenvalue weighted by atomic mass is 79.9. The molecule has 0 N–H and O–H groups in total. The smallest absolute Gasteiger partial charge is 0.285 e. The number of halogens is 1. The fraction of sp³-hybridized carbons (Fsp3) is 0.333. The Hall–Kier alpha value is -3.18. The van der Waals surface area contributed by atoms with E-state index in [1.807, 2.05) is 13.1 Å². The number of nitrogens with zero attached hydrogens (tertiary/aromatic N) is 2. The van der Waals surface area contributed by atoms with Gasteiger partial charge in [0.2, 0.25) is 0 Å². The van der Waals surface area contributed by atoms with Gasteiger partial charge in [-0.1, -0.05) is 88.2 Å². The molecule has 38 heavy (non-hydrogen) atoms. The van der Waals surface area contributed by atoms with Crippen molar-refractivity contribution in [3.63, 3.8) is 0 Å². The number of anilines is 1. The Morgan fingerprint density at radius 2 is 1.84 bits per heavy atom. The average molecular weight is 572 g/mol. The molecule has 0 saturated heterocycles. The van der Waals surface area contributed by atoms with E-state index in [1.165, 1.54) is 39.6 Å². The van der Waals surface area contributed by atoms with E-state index >= 15 is 0 Å². The minimum Gasteiger partial charge on any atom is -0.347 e. The van der Waals surface area contributed by atoms with E-state index in [9.17, 15) is 10.1 Å². The Morgan fingerprint density at radius 1 is 1.13 bits per heavy atom. The number of fused-ring (bicyclic) bond motifs is 3. The SMILES string of the molecule is C=C(/C=C/C=C1/N(C)c2cc([N+](=O)[O-])c(Br)cc2C12CCCCC2)C(C)(C)c1c(C)ccc2ccccc12. The molecule has 0 bridgehead atoms. The highest BCUT2D eigenvalue weighted by Crippen LogP contribution is 2.56. The summed E-state index contributed by atoms with van der Waals surface area (Å²) in [5.74, 6) is 0. The maximum atomic E-state index is 11.7. The highest BCUT2D eigenvalue weighted by Gasteiger charge is 2.47. The second-order valence-electron chi connectivity index (χ2n) is 11.3. The van der Waals surface area contributed by atoms with Crippen LogP contribution in [-0.2, 0) is 10.8 Å². The van der Waals surface area contributed by atoms with Crippen LogP contribution in [0.3, 0.4) is 0 Å². The van der Waals surface area contributed by atoms with Crippen LogP contribution in [0.4, 0.5) is 11.4 Å². The number of nitro benzene ring substituents is 1. The molecule has 0 aromatic heterocycles. The molecule has 2 aliphatic rings. The van der Waals surface area contributed by atoms with E-state index in [0.29, 0.717) is 4.47 Å². The molecule has 1 spiro atoms. The number of rotatable bonds is 5. The van der Waals surface area contributed by atoms with Crippen molar-refractivity contribution in [2.24, 2.45) is 0 Å². The van der Waals surface area contributed by atoms with Gasteiger partial charge in [-0.25, -0.2) is 0 Å². The largest absolute Gasteiger partial charge is 0.347 e. The maximum absolute atomic E-state index is 11.7. The second-order valence-corrected chi connectivity index (χ2v) is 12.2. The molecule has 196 valence electrons. The van der Waals surface area contributed by atoms with E-state index in [-0.39, 0.29) is 21.4 Å². The van der Waals surface area contributed by atoms with Gasteiger partial charge in [0.15, 0.2) is 0 Å². The van der Waals surface area contributed by atoms with Crippen LogP contribution in [0.25, 0.3) is 10.8 Å². The van der Waals surface area contributed by atoms with E-state index in [0.717, 1.165) is 36.9 Å². The van der Waals surface area contributed by atoms with Crippen LogP contribution in [0.1, 0.15) is 62.6 Å². The number of nitro groups is 1. The molecule has 4 nitrogen and oxygen atoms in total. The Labute approximate surface area is 234 Å². The van der Waals surface area contributed by atoms with Crippen molar-refractivity contribution in [3.8, 4) is 0 Å². The van der Waals surface area contributed by atoms with E-state index in [1.54, 1.807) is 6.07 Å². The van der Waals surface area contributed by atoms with Crippen molar-refractivity contribution in [1.29, 1.82) is 0 Å². The summed E-state index contributed by atoms with van der Waals surface area (Å²) in [4.78, 5) is 13.5. The lowest BCUT2D eigenvalue weighted by molar-refractivity contribution is -0.385. The van der Waals surface area contributed by atoms with Crippen molar-refractivity contribution in [1.82, 2.24) is 0 Å². The Balaban J connectivity index is 1.53. The van der Waals surface area contributed by atoms with Crippen molar-refractivity contribution < 1.29 is 4.92 Å². The number of benzene rings is 3. The van der Waals surface area contributed by atoms with Crippen LogP contribution in [0.5, 0.6) is 0 Å². The minimum absolute atomic E-state index is 0.110. The fourth-order valence-corrected chi connectivity index (χ4v) is 7.22. The van der Waals surface area contributed by atoms with Crippen LogP contribution in [0.2, 0.25) is 0 Å². The molecule has 0 unspecified atom stereocenters. The van der Waals surface area contributed by atoms with Gasteiger partial charge in [-0.3, -0.25) is 10.1 Å². The van der Waals surface area contributed by atoms with Gasteiger partial charge in [0.1, 0.15) is 0 Å². The van der Waals surface area contributed by atoms with Crippen LogP contribution < -0.4 is 4.90 Å². The normalized spacial score (nSPS) is 18.0. The summed E-state index contributed by atoms with van der Waals surface area (Å²) in [6.45, 7) is 11.2. The number of allylic oxidation sites excluding steroid dienone is 5. The van der Waals surface area contributed by atoms with Gasteiger partial charge in [0.05, 0.1) is 15.1 Å². The predicted molar refractivity (Wildman–Crippen MR) is 162 cm³/mol. The summed E-state index contributed by atoms with van der Waals surface area (Å²) in [5.41, 5.74) is 6.70. The standard InChI is InChI=1S/C33H35BrN2O2/c1-22-16-17-24-13-7-8-14-25(24)31(22)32(3,4)23(2)12-11-15-30-33(18-9-6-10-19-33)26-20-27(34)29(36(37)38)21-28(26)35(30)5/h7-8,11-17,20-21H,2,6,9-10,18-19H2,1,3-5H3/b12-11+,30-15+. The quantitative estimate of drug-likeness (QED) is 0.174. The van der Waals surface area contributed by atoms with Crippen molar-refractivity contribution in [2.75, 3.05) is 11.9 Å². The van der Waals surface area contributed by atoms with Crippen molar-refractivity contribution in [3.05, 3.63) is 116 Å². The fourth-order valence-electron chi connectivity index (χ4n) is 6.73. The number of hydrogen-bond donors (Lipinski definition) is 0. The molecule has 1 aliphatic carbocycles. The van der Waals surface area contributed by atoms with Gasteiger partial charge < -0.3 is 4.90 Å². The summed E-state index contributed by atoms with van der Waals surface area (Å²) in [7, 11) is 2.04. The number of aryl methyl sites for hydroxylation is 1. The third-order valence-corrected chi connectivity index (χ3v) is 9.45. The molecule has 0 atom stereocenters. The monoisotopic (exact) mass is 570 g/mol. The van der Waals surface area contributed by atoms with Gasteiger partial charge >= 0.3 is 0 Å². The Morgan fingerprint density at radius 3 is 2.55 bits per heavy atom. The van der Waals surface area contributed by atoms with E-state index < -0.39 is 0 Å². The third-order valence-electron chi connectivity index (χ3n) is 8.81. The summed E-state index contributed by atoms with van der Waals surface area (Å²) in [5, 5.41) is 14.2. The van der Waals surface area contributed by atoms with Gasteiger partial charge in [-0.15, -0.1) is 0 Å². The first kappa shape index (κ1) is 26.4.